The van der Waals surface area contributed by atoms with Crippen LogP contribution in [0.25, 0.3) is 0 Å². The molecular formula is C21H28N4OS. The minimum absolute atomic E-state index is 0.0346. The van der Waals surface area contributed by atoms with E-state index in [1.54, 1.807) is 18.0 Å². The van der Waals surface area contributed by atoms with Crippen molar-refractivity contribution >= 4 is 23.4 Å². The van der Waals surface area contributed by atoms with Gasteiger partial charge < -0.3 is 10.2 Å². The Morgan fingerprint density at radius 2 is 1.81 bits per heavy atom. The number of anilines is 1. The van der Waals surface area contributed by atoms with Crippen molar-refractivity contribution in [3.63, 3.8) is 0 Å². The molecule has 1 aliphatic rings. The molecule has 0 saturated carbocycles. The quantitative estimate of drug-likeness (QED) is 0.758. The summed E-state index contributed by atoms with van der Waals surface area (Å²) in [6.07, 6.45) is 3.60. The second kappa shape index (κ2) is 10.4. The second-order valence-electron chi connectivity index (χ2n) is 6.81. The van der Waals surface area contributed by atoms with E-state index in [9.17, 15) is 4.79 Å². The van der Waals surface area contributed by atoms with Gasteiger partial charge in [0.25, 0.3) is 0 Å². The van der Waals surface area contributed by atoms with E-state index in [-0.39, 0.29) is 5.91 Å². The topological polar surface area (TPSA) is 48.5 Å². The Labute approximate surface area is 166 Å². The van der Waals surface area contributed by atoms with Crippen LogP contribution in [0.3, 0.4) is 0 Å². The van der Waals surface area contributed by atoms with Gasteiger partial charge in [-0.05, 0) is 35.9 Å². The summed E-state index contributed by atoms with van der Waals surface area (Å²) in [7, 11) is 0. The molecule has 0 bridgehead atoms. The number of benzene rings is 1. The lowest BCUT2D eigenvalue weighted by molar-refractivity contribution is -0.113. The summed E-state index contributed by atoms with van der Waals surface area (Å²) in [5.74, 6) is 1.27. The number of aromatic nitrogens is 1. The summed E-state index contributed by atoms with van der Waals surface area (Å²) < 4.78 is 0. The molecule has 6 heteroatoms. The molecule has 1 amide bonds. The van der Waals surface area contributed by atoms with E-state index in [1.807, 2.05) is 30.5 Å². The highest BCUT2D eigenvalue weighted by molar-refractivity contribution is 7.99. The number of piperazine rings is 1. The van der Waals surface area contributed by atoms with Crippen LogP contribution in [0, 0.1) is 0 Å². The van der Waals surface area contributed by atoms with Gasteiger partial charge in [0.15, 0.2) is 0 Å². The molecule has 0 unspecified atom stereocenters. The normalized spacial score (nSPS) is 15.6. The van der Waals surface area contributed by atoms with E-state index in [2.05, 4.69) is 39.2 Å². The molecule has 1 fully saturated rings. The first-order valence-electron chi connectivity index (χ1n) is 9.53. The predicted molar refractivity (Wildman–Crippen MR) is 113 cm³/mol. The molecule has 0 aliphatic carbocycles. The summed E-state index contributed by atoms with van der Waals surface area (Å²) in [4.78, 5) is 21.2. The van der Waals surface area contributed by atoms with Crippen molar-refractivity contribution in [2.24, 2.45) is 0 Å². The van der Waals surface area contributed by atoms with Crippen LogP contribution >= 0.6 is 11.8 Å². The molecule has 3 rings (SSSR count). The van der Waals surface area contributed by atoms with Gasteiger partial charge in [-0.3, -0.25) is 14.7 Å². The highest BCUT2D eigenvalue weighted by Gasteiger charge is 2.15. The zero-order chi connectivity index (χ0) is 18.9. The zero-order valence-corrected chi connectivity index (χ0v) is 16.8. The Morgan fingerprint density at radius 3 is 2.48 bits per heavy atom. The van der Waals surface area contributed by atoms with Gasteiger partial charge in [0.1, 0.15) is 0 Å². The van der Waals surface area contributed by atoms with Crippen molar-refractivity contribution in [3.8, 4) is 0 Å². The molecule has 1 aromatic carbocycles. The van der Waals surface area contributed by atoms with Crippen LogP contribution in [0.5, 0.6) is 0 Å². The lowest BCUT2D eigenvalue weighted by atomic mass is 10.1. The van der Waals surface area contributed by atoms with Gasteiger partial charge in [-0.1, -0.05) is 25.1 Å². The van der Waals surface area contributed by atoms with E-state index in [1.165, 1.54) is 5.56 Å². The predicted octanol–water partition coefficient (Wildman–Crippen LogP) is 3.09. The zero-order valence-electron chi connectivity index (χ0n) is 15.9. The molecule has 0 spiro atoms. The number of nitrogens with one attached hydrogen (secondary N) is 1. The first-order valence-corrected chi connectivity index (χ1v) is 10.7. The van der Waals surface area contributed by atoms with E-state index >= 15 is 0 Å². The highest BCUT2D eigenvalue weighted by Crippen LogP contribution is 2.15. The number of hydrogen-bond donors (Lipinski definition) is 1. The van der Waals surface area contributed by atoms with Gasteiger partial charge in [0.2, 0.25) is 5.91 Å². The van der Waals surface area contributed by atoms with Crippen molar-refractivity contribution < 1.29 is 4.79 Å². The van der Waals surface area contributed by atoms with Crippen LogP contribution in [0.15, 0.2) is 48.8 Å². The maximum atomic E-state index is 12.1. The fourth-order valence-corrected chi connectivity index (χ4v) is 3.92. The molecule has 2 heterocycles. The number of thioether (sulfide) groups is 1. The smallest absolute Gasteiger partial charge is 0.234 e. The van der Waals surface area contributed by atoms with E-state index in [0.717, 1.165) is 56.3 Å². The Hall–Kier alpha value is -1.89. The summed E-state index contributed by atoms with van der Waals surface area (Å²) in [5.41, 5.74) is 3.30. The van der Waals surface area contributed by atoms with Gasteiger partial charge >= 0.3 is 0 Å². The molecule has 0 atom stereocenters. The first-order chi connectivity index (χ1) is 13.2. The summed E-state index contributed by atoms with van der Waals surface area (Å²) in [6, 6.07) is 12.2. The summed E-state index contributed by atoms with van der Waals surface area (Å²) >= 11 is 1.60. The van der Waals surface area contributed by atoms with Gasteiger partial charge in [-0.25, -0.2) is 0 Å². The molecule has 1 N–H and O–H groups in total. The molecule has 1 saturated heterocycles. The van der Waals surface area contributed by atoms with Crippen molar-refractivity contribution in [1.29, 1.82) is 0 Å². The average Bonchev–Trinajstić information content (AvgIpc) is 2.71. The number of carbonyl (C=O) groups is 1. The number of hydrogen-bond acceptors (Lipinski definition) is 5. The third kappa shape index (κ3) is 6.65. The van der Waals surface area contributed by atoms with Crippen molar-refractivity contribution in [1.82, 2.24) is 14.8 Å². The van der Waals surface area contributed by atoms with Gasteiger partial charge in [-0.2, -0.15) is 0 Å². The lowest BCUT2D eigenvalue weighted by Gasteiger charge is -2.34. The van der Waals surface area contributed by atoms with Crippen LogP contribution < -0.4 is 5.32 Å². The van der Waals surface area contributed by atoms with Gasteiger partial charge in [0.05, 0.1) is 5.75 Å². The number of nitrogens with zero attached hydrogens (tertiary/aromatic N) is 3. The third-order valence-electron chi connectivity index (χ3n) is 4.78. The molecule has 2 aromatic rings. The summed E-state index contributed by atoms with van der Waals surface area (Å²) in [6.45, 7) is 8.90. The number of rotatable bonds is 8. The SMILES string of the molecule is CCN1CCN(Cc2ccc(NC(=O)CSCc3cccnc3)cc2)CC1. The average molecular weight is 385 g/mol. The van der Waals surface area contributed by atoms with Crippen LogP contribution in [0.1, 0.15) is 18.1 Å². The third-order valence-corrected chi connectivity index (χ3v) is 5.78. The van der Waals surface area contributed by atoms with Crippen LogP contribution in [0.2, 0.25) is 0 Å². The van der Waals surface area contributed by atoms with E-state index in [0.29, 0.717) is 5.75 Å². The lowest BCUT2D eigenvalue weighted by Crippen LogP contribution is -2.45. The highest BCUT2D eigenvalue weighted by atomic mass is 32.2. The number of pyridine rings is 1. The Morgan fingerprint density at radius 1 is 1.07 bits per heavy atom. The molecule has 5 nitrogen and oxygen atoms in total. The number of carbonyl (C=O) groups excluding carboxylic acids is 1. The van der Waals surface area contributed by atoms with Crippen molar-refractivity contribution in [2.75, 3.05) is 43.8 Å². The molecule has 27 heavy (non-hydrogen) atoms. The standard InChI is InChI=1S/C21H28N4OS/c1-2-24-10-12-25(13-11-24)15-18-5-7-20(8-6-18)23-21(26)17-27-16-19-4-3-9-22-14-19/h3-9,14H,2,10-13,15-17H2,1H3,(H,23,26). The monoisotopic (exact) mass is 384 g/mol. The van der Waals surface area contributed by atoms with E-state index < -0.39 is 0 Å². The minimum atomic E-state index is 0.0346. The van der Waals surface area contributed by atoms with E-state index in [4.69, 9.17) is 0 Å². The fourth-order valence-electron chi connectivity index (χ4n) is 3.16. The maximum absolute atomic E-state index is 12.1. The van der Waals surface area contributed by atoms with Gasteiger partial charge in [-0.15, -0.1) is 11.8 Å². The second-order valence-corrected chi connectivity index (χ2v) is 7.80. The Balaban J connectivity index is 1.39. The Kier molecular flexibility index (Phi) is 7.68. The molecule has 144 valence electrons. The molecule has 1 aromatic heterocycles. The van der Waals surface area contributed by atoms with Crippen molar-refractivity contribution in [2.45, 2.75) is 19.2 Å². The first kappa shape index (κ1) is 19.9. The molecule has 1 aliphatic heterocycles. The van der Waals surface area contributed by atoms with Crippen LogP contribution in [-0.2, 0) is 17.1 Å². The molecule has 0 radical (unpaired) electrons. The minimum Gasteiger partial charge on any atom is -0.325 e. The molecular weight excluding hydrogens is 356 g/mol. The summed E-state index contributed by atoms with van der Waals surface area (Å²) in [5, 5.41) is 2.98. The maximum Gasteiger partial charge on any atom is 0.234 e. The van der Waals surface area contributed by atoms with Crippen LogP contribution in [-0.4, -0.2) is 59.2 Å². The largest absolute Gasteiger partial charge is 0.325 e. The van der Waals surface area contributed by atoms with Crippen LogP contribution in [0.4, 0.5) is 5.69 Å². The number of likely N-dealkylation sites (N-methyl/N-ethyl adjacent to an activating group) is 1. The fraction of sp³-hybridized carbons (Fsp3) is 0.429. The van der Waals surface area contributed by atoms with Gasteiger partial charge in [0, 0.05) is 56.6 Å². The van der Waals surface area contributed by atoms with Crippen molar-refractivity contribution in [3.05, 3.63) is 59.9 Å². The Bertz CT molecular complexity index is 700. The number of amides is 1.